The van der Waals surface area contributed by atoms with Crippen molar-refractivity contribution in [1.82, 2.24) is 4.90 Å². The molecule has 30 heavy (non-hydrogen) atoms. The second-order valence-corrected chi connectivity index (χ2v) is 8.46. The summed E-state index contributed by atoms with van der Waals surface area (Å²) in [5, 5.41) is 0. The SMILES string of the molecule is CCCCC(CC)CN(CC(CC)CCCC)C(=O)CC(=O)c1ccc(OC)cc1. The standard InChI is InChI=1S/C26H43NO3/c1-6-10-12-21(8-3)19-27(20-22(9-4)13-11-7-2)26(29)18-25(28)23-14-16-24(30-5)17-15-23/h14-17,21-22H,6-13,18-20H2,1-5H3. The monoisotopic (exact) mass is 417 g/mol. The minimum Gasteiger partial charge on any atom is -0.497 e. The molecule has 0 aliphatic rings. The van der Waals surface area contributed by atoms with Gasteiger partial charge in [-0.15, -0.1) is 0 Å². The van der Waals surface area contributed by atoms with Crippen molar-refractivity contribution in [2.24, 2.45) is 11.8 Å². The molecule has 0 N–H and O–H groups in total. The van der Waals surface area contributed by atoms with Crippen LogP contribution < -0.4 is 4.74 Å². The zero-order valence-electron chi connectivity index (χ0n) is 19.9. The molecular weight excluding hydrogens is 374 g/mol. The summed E-state index contributed by atoms with van der Waals surface area (Å²) in [7, 11) is 1.60. The normalized spacial score (nSPS) is 13.0. The lowest BCUT2D eigenvalue weighted by molar-refractivity contribution is -0.131. The molecule has 1 amide bonds. The van der Waals surface area contributed by atoms with Crippen molar-refractivity contribution in [2.75, 3.05) is 20.2 Å². The van der Waals surface area contributed by atoms with Gasteiger partial charge in [-0.3, -0.25) is 9.59 Å². The Morgan fingerprint density at radius 1 is 0.867 bits per heavy atom. The molecule has 0 saturated heterocycles. The third-order valence-corrected chi connectivity index (χ3v) is 6.12. The van der Waals surface area contributed by atoms with E-state index in [9.17, 15) is 9.59 Å². The van der Waals surface area contributed by atoms with E-state index in [0.29, 0.717) is 23.1 Å². The van der Waals surface area contributed by atoms with Crippen LogP contribution in [0.3, 0.4) is 0 Å². The Morgan fingerprint density at radius 3 is 1.77 bits per heavy atom. The van der Waals surface area contributed by atoms with Gasteiger partial charge in [-0.1, -0.05) is 66.2 Å². The summed E-state index contributed by atoms with van der Waals surface area (Å²) < 4.78 is 5.16. The Labute approximate surface area is 184 Å². The van der Waals surface area contributed by atoms with Crippen LogP contribution in [0, 0.1) is 11.8 Å². The van der Waals surface area contributed by atoms with Gasteiger partial charge >= 0.3 is 0 Å². The molecule has 0 aliphatic heterocycles. The van der Waals surface area contributed by atoms with Crippen molar-refractivity contribution in [1.29, 1.82) is 0 Å². The minimum absolute atomic E-state index is 0.0271. The van der Waals surface area contributed by atoms with E-state index in [1.807, 2.05) is 4.90 Å². The topological polar surface area (TPSA) is 46.6 Å². The van der Waals surface area contributed by atoms with Crippen LogP contribution in [0.5, 0.6) is 5.75 Å². The van der Waals surface area contributed by atoms with Crippen LogP contribution in [0.25, 0.3) is 0 Å². The van der Waals surface area contributed by atoms with Crippen molar-refractivity contribution < 1.29 is 14.3 Å². The van der Waals surface area contributed by atoms with Crippen LogP contribution >= 0.6 is 0 Å². The number of rotatable bonds is 16. The van der Waals surface area contributed by atoms with E-state index in [4.69, 9.17) is 4.74 Å². The van der Waals surface area contributed by atoms with Crippen molar-refractivity contribution in [3.8, 4) is 5.75 Å². The molecule has 0 aliphatic carbocycles. The van der Waals surface area contributed by atoms with Gasteiger partial charge in [-0.25, -0.2) is 0 Å². The predicted octanol–water partition coefficient (Wildman–Crippen LogP) is 6.53. The van der Waals surface area contributed by atoms with Gasteiger partial charge in [0.1, 0.15) is 5.75 Å². The number of methoxy groups -OCH3 is 1. The highest BCUT2D eigenvalue weighted by Crippen LogP contribution is 2.20. The quantitative estimate of drug-likeness (QED) is 0.227. The number of ether oxygens (including phenoxy) is 1. The highest BCUT2D eigenvalue weighted by molar-refractivity contribution is 6.07. The van der Waals surface area contributed by atoms with Crippen molar-refractivity contribution >= 4 is 11.7 Å². The molecule has 2 atom stereocenters. The van der Waals surface area contributed by atoms with E-state index in [-0.39, 0.29) is 18.1 Å². The third kappa shape index (κ3) is 9.32. The average Bonchev–Trinajstić information content (AvgIpc) is 2.77. The summed E-state index contributed by atoms with van der Waals surface area (Å²) in [5.74, 6) is 1.59. The first-order valence-corrected chi connectivity index (χ1v) is 11.9. The molecule has 1 rings (SSSR count). The maximum absolute atomic E-state index is 13.2. The molecule has 170 valence electrons. The van der Waals surface area contributed by atoms with Gasteiger partial charge in [0, 0.05) is 18.7 Å². The van der Waals surface area contributed by atoms with Crippen LogP contribution in [0.4, 0.5) is 0 Å². The molecule has 4 heteroatoms. The Kier molecular flexibility index (Phi) is 13.1. The van der Waals surface area contributed by atoms with Crippen LogP contribution in [0.1, 0.15) is 95.8 Å². The van der Waals surface area contributed by atoms with Crippen molar-refractivity contribution in [3.63, 3.8) is 0 Å². The second-order valence-electron chi connectivity index (χ2n) is 8.46. The molecule has 0 spiro atoms. The molecule has 0 bridgehead atoms. The van der Waals surface area contributed by atoms with Crippen LogP contribution in [0.2, 0.25) is 0 Å². The minimum atomic E-state index is -0.115. The third-order valence-electron chi connectivity index (χ3n) is 6.12. The fourth-order valence-corrected chi connectivity index (χ4v) is 3.86. The molecule has 1 aromatic carbocycles. The van der Waals surface area contributed by atoms with Gasteiger partial charge in [0.05, 0.1) is 13.5 Å². The largest absolute Gasteiger partial charge is 0.497 e. The van der Waals surface area contributed by atoms with Crippen molar-refractivity contribution in [2.45, 2.75) is 85.5 Å². The van der Waals surface area contributed by atoms with Crippen LogP contribution in [-0.2, 0) is 4.79 Å². The lowest BCUT2D eigenvalue weighted by Gasteiger charge is -2.30. The number of ketones is 1. The zero-order valence-corrected chi connectivity index (χ0v) is 19.9. The number of carbonyl (C=O) groups is 2. The number of benzene rings is 1. The molecule has 0 aromatic heterocycles. The summed E-state index contributed by atoms with van der Waals surface area (Å²) >= 11 is 0. The summed E-state index contributed by atoms with van der Waals surface area (Å²) in [5.41, 5.74) is 0.570. The lowest BCUT2D eigenvalue weighted by atomic mass is 9.95. The second kappa shape index (κ2) is 15.0. The number of Topliss-reactive ketones (excluding diaryl/α,β-unsaturated/α-hetero) is 1. The molecular formula is C26H43NO3. The molecule has 0 saturated carbocycles. The fraction of sp³-hybridized carbons (Fsp3) is 0.692. The van der Waals surface area contributed by atoms with Gasteiger partial charge in [-0.2, -0.15) is 0 Å². The first-order valence-electron chi connectivity index (χ1n) is 11.9. The highest BCUT2D eigenvalue weighted by atomic mass is 16.5. The number of unbranched alkanes of at least 4 members (excludes halogenated alkanes) is 2. The average molecular weight is 418 g/mol. The Morgan fingerprint density at radius 2 is 1.37 bits per heavy atom. The summed E-state index contributed by atoms with van der Waals surface area (Å²) in [6.07, 6.45) is 9.12. The summed E-state index contributed by atoms with van der Waals surface area (Å²) in [6.45, 7) is 10.4. The molecule has 0 fully saturated rings. The zero-order chi connectivity index (χ0) is 22.4. The molecule has 0 radical (unpaired) electrons. The first-order chi connectivity index (χ1) is 14.5. The van der Waals surface area contributed by atoms with E-state index < -0.39 is 0 Å². The van der Waals surface area contributed by atoms with E-state index in [2.05, 4.69) is 27.7 Å². The maximum Gasteiger partial charge on any atom is 0.230 e. The molecule has 1 aromatic rings. The number of hydrogen-bond donors (Lipinski definition) is 0. The number of carbonyl (C=O) groups excluding carboxylic acids is 2. The highest BCUT2D eigenvalue weighted by Gasteiger charge is 2.23. The van der Waals surface area contributed by atoms with Gasteiger partial charge in [0.2, 0.25) is 5.91 Å². The van der Waals surface area contributed by atoms with Crippen LogP contribution in [-0.4, -0.2) is 36.8 Å². The Balaban J connectivity index is 2.87. The Hall–Kier alpha value is -1.84. The van der Waals surface area contributed by atoms with Gasteiger partial charge in [0.15, 0.2) is 5.78 Å². The number of hydrogen-bond acceptors (Lipinski definition) is 3. The summed E-state index contributed by atoms with van der Waals surface area (Å²) in [6, 6.07) is 7.02. The van der Waals surface area contributed by atoms with Crippen LogP contribution in [0.15, 0.2) is 24.3 Å². The molecule has 2 unspecified atom stereocenters. The fourth-order valence-electron chi connectivity index (χ4n) is 3.86. The van der Waals surface area contributed by atoms with Crippen molar-refractivity contribution in [3.05, 3.63) is 29.8 Å². The van der Waals surface area contributed by atoms with E-state index >= 15 is 0 Å². The molecule has 0 heterocycles. The van der Waals surface area contributed by atoms with Gasteiger partial charge in [-0.05, 0) is 48.9 Å². The van der Waals surface area contributed by atoms with Gasteiger partial charge in [0.25, 0.3) is 0 Å². The first kappa shape index (κ1) is 26.2. The maximum atomic E-state index is 13.2. The van der Waals surface area contributed by atoms with E-state index in [1.54, 1.807) is 31.4 Å². The Bertz CT molecular complexity index is 593. The summed E-state index contributed by atoms with van der Waals surface area (Å²) in [4.78, 5) is 27.9. The van der Waals surface area contributed by atoms with Gasteiger partial charge < -0.3 is 9.64 Å². The smallest absolute Gasteiger partial charge is 0.230 e. The number of amides is 1. The predicted molar refractivity (Wildman–Crippen MR) is 125 cm³/mol. The van der Waals surface area contributed by atoms with E-state index in [1.165, 1.54) is 25.7 Å². The number of nitrogens with zero attached hydrogens (tertiary/aromatic N) is 1. The molecule has 4 nitrogen and oxygen atoms in total. The lowest BCUT2D eigenvalue weighted by Crippen LogP contribution is -2.39. The van der Waals surface area contributed by atoms with E-state index in [0.717, 1.165) is 38.8 Å².